The number of carbonyl (C=O) groups excluding carboxylic acids is 3. The lowest BCUT2D eigenvalue weighted by atomic mass is 10.0. The van der Waals surface area contributed by atoms with Crippen LogP contribution in [0, 0.1) is 0 Å². The number of carbonyl (C=O) groups is 3. The van der Waals surface area contributed by atoms with E-state index in [0.29, 0.717) is 19.3 Å². The molecule has 0 aliphatic carbocycles. The Morgan fingerprint density at radius 3 is 0.985 bits per heavy atom. The fraction of sp³-hybridized carbons (Fsp3) is 0.780. The van der Waals surface area contributed by atoms with E-state index in [-0.39, 0.29) is 37.5 Å². The minimum atomic E-state index is -0.797. The molecule has 0 heterocycles. The lowest BCUT2D eigenvalue weighted by Gasteiger charge is -2.18. The van der Waals surface area contributed by atoms with Crippen molar-refractivity contribution in [1.82, 2.24) is 0 Å². The summed E-state index contributed by atoms with van der Waals surface area (Å²) in [6, 6.07) is 0. The summed E-state index contributed by atoms with van der Waals surface area (Å²) in [6.45, 7) is 6.50. The van der Waals surface area contributed by atoms with Gasteiger partial charge in [0.2, 0.25) is 0 Å². The van der Waals surface area contributed by atoms with Crippen molar-refractivity contribution in [2.24, 2.45) is 0 Å². The highest BCUT2D eigenvalue weighted by Gasteiger charge is 2.19. The Hall–Kier alpha value is -2.89. The van der Waals surface area contributed by atoms with Gasteiger partial charge in [-0.2, -0.15) is 0 Å². The second kappa shape index (κ2) is 53.7. The van der Waals surface area contributed by atoms with Crippen LogP contribution in [0.1, 0.15) is 278 Å². The topological polar surface area (TPSA) is 78.9 Å². The Kier molecular flexibility index (Phi) is 51.3. The van der Waals surface area contributed by atoms with Gasteiger partial charge in [-0.05, 0) is 83.5 Å². The molecule has 0 amide bonds. The normalized spacial score (nSPS) is 12.5. The van der Waals surface area contributed by atoms with Crippen LogP contribution in [0.5, 0.6) is 0 Å². The van der Waals surface area contributed by atoms with Gasteiger partial charge in [0.25, 0.3) is 0 Å². The van der Waals surface area contributed by atoms with Crippen molar-refractivity contribution in [2.75, 3.05) is 13.2 Å². The predicted molar refractivity (Wildman–Crippen MR) is 279 cm³/mol. The van der Waals surface area contributed by atoms with E-state index in [0.717, 1.165) is 83.5 Å². The van der Waals surface area contributed by atoms with Crippen LogP contribution in [0.25, 0.3) is 0 Å². The van der Waals surface area contributed by atoms with Crippen LogP contribution in [0.4, 0.5) is 0 Å². The second-order valence-electron chi connectivity index (χ2n) is 18.5. The molecule has 0 saturated carbocycles. The molecule has 0 aliphatic rings. The fourth-order valence-corrected chi connectivity index (χ4v) is 7.84. The third kappa shape index (κ3) is 51.9. The quantitative estimate of drug-likeness (QED) is 0.0262. The molecular weight excluding hydrogens is 805 g/mol. The maximum Gasteiger partial charge on any atom is 0.306 e. The molecule has 0 fully saturated rings. The first-order valence-corrected chi connectivity index (χ1v) is 27.8. The molecule has 6 heteroatoms. The first-order valence-electron chi connectivity index (χ1n) is 27.8. The van der Waals surface area contributed by atoms with Gasteiger partial charge in [0, 0.05) is 19.3 Å². The van der Waals surface area contributed by atoms with E-state index in [9.17, 15) is 14.4 Å². The second-order valence-corrected chi connectivity index (χ2v) is 18.5. The summed E-state index contributed by atoms with van der Waals surface area (Å²) < 4.78 is 16.8. The number of hydrogen-bond acceptors (Lipinski definition) is 6. The summed E-state index contributed by atoms with van der Waals surface area (Å²) in [7, 11) is 0. The van der Waals surface area contributed by atoms with Crippen molar-refractivity contribution in [2.45, 2.75) is 284 Å². The smallest absolute Gasteiger partial charge is 0.306 e. The Balaban J connectivity index is 4.42. The molecule has 0 aliphatic heterocycles. The van der Waals surface area contributed by atoms with Crippen molar-refractivity contribution in [3.63, 3.8) is 0 Å². The summed E-state index contributed by atoms with van der Waals surface area (Å²) in [5.41, 5.74) is 0. The molecule has 0 aromatic carbocycles. The largest absolute Gasteiger partial charge is 0.462 e. The zero-order valence-corrected chi connectivity index (χ0v) is 43.0. The average Bonchev–Trinajstić information content (AvgIpc) is 3.30. The SMILES string of the molecule is CC/C=C\C/C=C\C/C=C\C/C=C\CCCCC(=O)OC(COC(=O)CCCCCCC/C=C\CCCCCCCC)COC(=O)CCCCCCCCCCCCCCCCCCC. The predicted octanol–water partition coefficient (Wildman–Crippen LogP) is 18.4. The Morgan fingerprint density at radius 1 is 0.323 bits per heavy atom. The average molecular weight is 909 g/mol. The lowest BCUT2D eigenvalue weighted by molar-refractivity contribution is -0.167. The van der Waals surface area contributed by atoms with Gasteiger partial charge < -0.3 is 14.2 Å². The van der Waals surface area contributed by atoms with Gasteiger partial charge >= 0.3 is 17.9 Å². The monoisotopic (exact) mass is 909 g/mol. The first kappa shape index (κ1) is 62.1. The van der Waals surface area contributed by atoms with E-state index >= 15 is 0 Å². The van der Waals surface area contributed by atoms with Gasteiger partial charge in [0.15, 0.2) is 6.10 Å². The van der Waals surface area contributed by atoms with Gasteiger partial charge in [0.1, 0.15) is 13.2 Å². The van der Waals surface area contributed by atoms with Crippen LogP contribution in [-0.2, 0) is 28.6 Å². The van der Waals surface area contributed by atoms with Crippen LogP contribution in [-0.4, -0.2) is 37.2 Å². The summed E-state index contributed by atoms with van der Waals surface area (Å²) in [5.74, 6) is -0.932. The van der Waals surface area contributed by atoms with Crippen molar-refractivity contribution >= 4 is 17.9 Å². The number of ether oxygens (including phenoxy) is 3. The number of unbranched alkanes of at least 4 members (excludes halogenated alkanes) is 29. The van der Waals surface area contributed by atoms with Crippen LogP contribution in [0.2, 0.25) is 0 Å². The Morgan fingerprint density at radius 2 is 0.600 bits per heavy atom. The summed E-state index contributed by atoms with van der Waals surface area (Å²) in [6.07, 6.45) is 66.4. The van der Waals surface area contributed by atoms with Crippen molar-refractivity contribution in [3.05, 3.63) is 60.8 Å². The fourth-order valence-electron chi connectivity index (χ4n) is 7.84. The molecule has 376 valence electrons. The number of hydrogen-bond donors (Lipinski definition) is 0. The zero-order valence-electron chi connectivity index (χ0n) is 43.0. The molecule has 0 aromatic rings. The van der Waals surface area contributed by atoms with E-state index in [1.54, 1.807) is 0 Å². The van der Waals surface area contributed by atoms with Crippen LogP contribution >= 0.6 is 0 Å². The van der Waals surface area contributed by atoms with Crippen LogP contribution < -0.4 is 0 Å². The van der Waals surface area contributed by atoms with Gasteiger partial charge in [0.05, 0.1) is 0 Å². The molecule has 6 nitrogen and oxygen atoms in total. The highest BCUT2D eigenvalue weighted by atomic mass is 16.6. The number of esters is 3. The first-order chi connectivity index (χ1) is 32.0. The van der Waals surface area contributed by atoms with Gasteiger partial charge in [-0.25, -0.2) is 0 Å². The van der Waals surface area contributed by atoms with Crippen molar-refractivity contribution in [3.8, 4) is 0 Å². The third-order valence-corrected chi connectivity index (χ3v) is 12.0. The van der Waals surface area contributed by atoms with E-state index in [2.05, 4.69) is 81.5 Å². The Bertz CT molecular complexity index is 1180. The zero-order chi connectivity index (χ0) is 47.2. The summed E-state index contributed by atoms with van der Waals surface area (Å²) >= 11 is 0. The summed E-state index contributed by atoms with van der Waals surface area (Å²) in [4.78, 5) is 38.1. The standard InChI is InChI=1S/C59H104O6/c1-4-7-10-13-16-19-22-25-28-29-32-34-37-40-43-46-49-52-58(61)64-55-56(65-59(62)53-50-47-44-41-38-35-31-27-24-21-18-15-12-9-6-3)54-63-57(60)51-48-45-42-39-36-33-30-26-23-20-17-14-11-8-5-2/h9,12,18,21,26-27,30-31,38,41,56H,4-8,10-11,13-17,19-20,22-25,28-29,32-37,39-40,42-55H2,1-3H3/b12-9-,21-18-,30-26-,31-27-,41-38-. The molecule has 0 radical (unpaired) electrons. The Labute approximate surface area is 402 Å². The van der Waals surface area contributed by atoms with Crippen molar-refractivity contribution in [1.29, 1.82) is 0 Å². The maximum absolute atomic E-state index is 12.8. The van der Waals surface area contributed by atoms with Gasteiger partial charge in [-0.3, -0.25) is 14.4 Å². The highest BCUT2D eigenvalue weighted by Crippen LogP contribution is 2.16. The molecule has 65 heavy (non-hydrogen) atoms. The molecule has 1 atom stereocenters. The molecule has 0 rings (SSSR count). The van der Waals surface area contributed by atoms with Gasteiger partial charge in [-0.1, -0.05) is 236 Å². The molecule has 0 aromatic heterocycles. The molecule has 1 unspecified atom stereocenters. The highest BCUT2D eigenvalue weighted by molar-refractivity contribution is 5.71. The number of allylic oxidation sites excluding steroid dienone is 10. The molecule has 0 bridgehead atoms. The molecule has 0 saturated heterocycles. The minimum absolute atomic E-state index is 0.0911. The van der Waals surface area contributed by atoms with E-state index in [1.165, 1.54) is 148 Å². The van der Waals surface area contributed by atoms with E-state index in [1.807, 2.05) is 0 Å². The minimum Gasteiger partial charge on any atom is -0.462 e. The lowest BCUT2D eigenvalue weighted by Crippen LogP contribution is -2.30. The number of rotatable bonds is 50. The van der Waals surface area contributed by atoms with Crippen LogP contribution in [0.3, 0.4) is 0 Å². The molecule has 0 N–H and O–H groups in total. The van der Waals surface area contributed by atoms with E-state index < -0.39 is 6.10 Å². The van der Waals surface area contributed by atoms with Crippen LogP contribution in [0.15, 0.2) is 60.8 Å². The third-order valence-electron chi connectivity index (χ3n) is 12.0. The molecule has 0 spiro atoms. The maximum atomic E-state index is 12.8. The van der Waals surface area contributed by atoms with E-state index in [4.69, 9.17) is 14.2 Å². The summed E-state index contributed by atoms with van der Waals surface area (Å²) in [5, 5.41) is 0. The van der Waals surface area contributed by atoms with Crippen molar-refractivity contribution < 1.29 is 28.6 Å². The molecular formula is C59H104O6. The van der Waals surface area contributed by atoms with Gasteiger partial charge in [-0.15, -0.1) is 0 Å².